The van der Waals surface area contributed by atoms with Gasteiger partial charge in [-0.05, 0) is 44.2 Å². The quantitative estimate of drug-likeness (QED) is 0.406. The summed E-state index contributed by atoms with van der Waals surface area (Å²) in [6.45, 7) is 1.65. The molecule has 4 unspecified atom stereocenters. The van der Waals surface area contributed by atoms with Crippen LogP contribution in [-0.4, -0.2) is 88.5 Å². The van der Waals surface area contributed by atoms with Gasteiger partial charge in [0, 0.05) is 80.5 Å². The van der Waals surface area contributed by atoms with E-state index >= 15 is 4.39 Å². The number of carbonyl (C=O) groups is 3. The number of nitrogens with zero attached hydrogens (tertiary/aromatic N) is 6. The Hall–Kier alpha value is -4.15. The van der Waals surface area contributed by atoms with Gasteiger partial charge in [0.15, 0.2) is 6.29 Å². The molecule has 4 bridgehead atoms. The summed E-state index contributed by atoms with van der Waals surface area (Å²) in [6.07, 6.45) is 5.40. The number of fused-ring (bicyclic) bond motifs is 2. The van der Waals surface area contributed by atoms with Crippen LogP contribution in [0.5, 0.6) is 0 Å². The van der Waals surface area contributed by atoms with Gasteiger partial charge in [-0.25, -0.2) is 19.2 Å². The number of anilines is 3. The van der Waals surface area contributed by atoms with Gasteiger partial charge in [0.1, 0.15) is 29.1 Å². The number of hydrogen-bond donors (Lipinski definition) is 3. The highest BCUT2D eigenvalue weighted by molar-refractivity contribution is 6.03. The number of amides is 3. The third-order valence-corrected chi connectivity index (χ3v) is 10.4. The zero-order chi connectivity index (χ0) is 30.7. The molecule has 0 aromatic carbocycles. The second-order valence-corrected chi connectivity index (χ2v) is 13.0. The molecule has 0 spiro atoms. The molecular weight excluding hydrogens is 567 g/mol. The summed E-state index contributed by atoms with van der Waals surface area (Å²) in [4.78, 5) is 52.1. The predicted molar refractivity (Wildman–Crippen MR) is 158 cm³/mol. The minimum atomic E-state index is -1.67. The van der Waals surface area contributed by atoms with Crippen LogP contribution < -0.4 is 15.5 Å². The van der Waals surface area contributed by atoms with Crippen LogP contribution in [0.15, 0.2) is 18.3 Å². The molecule has 230 valence electrons. The van der Waals surface area contributed by atoms with E-state index in [0.29, 0.717) is 48.0 Å². The summed E-state index contributed by atoms with van der Waals surface area (Å²) in [6, 6.07) is 4.36. The highest BCUT2D eigenvalue weighted by Gasteiger charge is 2.57. The molecule has 4 atom stereocenters. The average molecular weight is 603 g/mol. The van der Waals surface area contributed by atoms with Gasteiger partial charge < -0.3 is 15.3 Å². The van der Waals surface area contributed by atoms with Crippen LogP contribution in [-0.2, 0) is 17.0 Å². The van der Waals surface area contributed by atoms with Crippen molar-refractivity contribution in [3.05, 3.63) is 40.7 Å². The van der Waals surface area contributed by atoms with Crippen molar-refractivity contribution in [1.29, 1.82) is 5.26 Å². The Balaban J connectivity index is 1.14. The van der Waals surface area contributed by atoms with Crippen molar-refractivity contribution < 1.29 is 23.9 Å². The molecular formula is C31H35FN8O4. The minimum Gasteiger partial charge on any atom is -0.396 e. The smallest absolute Gasteiger partial charge is 0.328 e. The summed E-state index contributed by atoms with van der Waals surface area (Å²) in [5.41, 5.74) is -0.0611. The van der Waals surface area contributed by atoms with Crippen LogP contribution in [0.2, 0.25) is 0 Å². The first kappa shape index (κ1) is 28.6. The number of halogens is 1. The first-order valence-electron chi connectivity index (χ1n) is 15.2. The van der Waals surface area contributed by atoms with Crippen LogP contribution >= 0.6 is 0 Å². The van der Waals surface area contributed by atoms with Gasteiger partial charge in [0.05, 0.1) is 17.8 Å². The van der Waals surface area contributed by atoms with Gasteiger partial charge in [-0.3, -0.25) is 24.7 Å². The molecule has 3 amide bonds. The maximum absolute atomic E-state index is 15.9. The fourth-order valence-electron chi connectivity index (χ4n) is 8.00. The van der Waals surface area contributed by atoms with E-state index in [2.05, 4.69) is 26.7 Å². The van der Waals surface area contributed by atoms with Crippen molar-refractivity contribution in [3.63, 3.8) is 0 Å². The van der Waals surface area contributed by atoms with E-state index in [0.717, 1.165) is 19.3 Å². The number of urea groups is 1. The van der Waals surface area contributed by atoms with E-state index in [1.54, 1.807) is 17.0 Å². The zero-order valence-electron chi connectivity index (χ0n) is 24.5. The second kappa shape index (κ2) is 10.8. The number of carbonyl (C=O) groups excluding carboxylic acids is 3. The van der Waals surface area contributed by atoms with Crippen molar-refractivity contribution in [3.8, 4) is 6.07 Å². The van der Waals surface area contributed by atoms with E-state index in [9.17, 15) is 24.8 Å². The zero-order valence-corrected chi connectivity index (χ0v) is 24.5. The first-order valence-corrected chi connectivity index (χ1v) is 15.2. The summed E-state index contributed by atoms with van der Waals surface area (Å²) < 4.78 is 15.9. The van der Waals surface area contributed by atoms with Gasteiger partial charge >= 0.3 is 6.03 Å². The number of aldehydes is 1. The molecule has 2 aromatic rings. The lowest BCUT2D eigenvalue weighted by molar-refractivity contribution is -0.136. The molecule has 3 aliphatic heterocycles. The molecule has 5 heterocycles. The molecule has 1 saturated heterocycles. The standard InChI is InChI=1S/C31H35FN8O4/c1-38-4-5-39(27(43)14-38)13-19-7-23-29(36-25(19)16-42)40(21-9-31(23,32)10-21)30(44)37-26-8-24(20(11-33)12-34-26)35-28-18-3-2-17(6-18)22(28)15-41/h7-8,12,16-18,21-22,28,41H,2-6,9-10,13-15H2,1H3,(H2,34,35,37,44). The lowest BCUT2D eigenvalue weighted by atomic mass is 9.68. The maximum atomic E-state index is 15.9. The van der Waals surface area contributed by atoms with Crippen molar-refractivity contribution in [1.82, 2.24) is 19.8 Å². The summed E-state index contributed by atoms with van der Waals surface area (Å²) >= 11 is 0. The minimum absolute atomic E-state index is 0.0275. The van der Waals surface area contributed by atoms with Crippen LogP contribution in [0.1, 0.15) is 59.3 Å². The highest BCUT2D eigenvalue weighted by Crippen LogP contribution is 2.56. The Morgan fingerprint density at radius 2 is 2.07 bits per heavy atom. The maximum Gasteiger partial charge on any atom is 0.328 e. The summed E-state index contributed by atoms with van der Waals surface area (Å²) in [7, 11) is 1.86. The lowest BCUT2D eigenvalue weighted by Crippen LogP contribution is -2.60. The van der Waals surface area contributed by atoms with Crippen molar-refractivity contribution in [2.75, 3.05) is 48.8 Å². The monoisotopic (exact) mass is 602 g/mol. The number of hydrogen-bond acceptors (Lipinski definition) is 9. The molecule has 44 heavy (non-hydrogen) atoms. The third-order valence-electron chi connectivity index (χ3n) is 10.4. The van der Waals surface area contributed by atoms with E-state index < -0.39 is 17.7 Å². The average Bonchev–Trinajstić information content (AvgIpc) is 3.60. The molecule has 3 saturated carbocycles. The van der Waals surface area contributed by atoms with Gasteiger partial charge in [-0.15, -0.1) is 0 Å². The predicted octanol–water partition coefficient (Wildman–Crippen LogP) is 2.63. The Bertz CT molecular complexity index is 1570. The Morgan fingerprint density at radius 3 is 2.80 bits per heavy atom. The van der Waals surface area contributed by atoms with Gasteiger partial charge in [0.25, 0.3) is 0 Å². The third kappa shape index (κ3) is 4.68. The Kier molecular flexibility index (Phi) is 7.01. The number of nitrogens with one attached hydrogen (secondary N) is 2. The SMILES string of the molecule is CN1CCN(Cc2cc3c(nc2C=O)N(C(=O)Nc2cc(NC4C5CCC(C5)C4CO)c(C#N)cn2)C2CC3(F)C2)C(=O)C1. The summed E-state index contributed by atoms with van der Waals surface area (Å²) in [5.74, 6) is 1.19. The number of likely N-dealkylation sites (N-methyl/N-ethyl adjacent to an activating group) is 1. The van der Waals surface area contributed by atoms with Crippen molar-refractivity contribution in [2.45, 2.75) is 56.4 Å². The number of nitriles is 1. The van der Waals surface area contributed by atoms with E-state index in [-0.39, 0.29) is 73.3 Å². The van der Waals surface area contributed by atoms with E-state index in [4.69, 9.17) is 0 Å². The molecule has 8 rings (SSSR count). The topological polar surface area (TPSA) is 155 Å². The molecule has 3 aliphatic carbocycles. The summed E-state index contributed by atoms with van der Waals surface area (Å²) in [5, 5.41) is 26.0. The molecule has 13 heteroatoms. The number of aliphatic hydroxyl groups is 1. The fraction of sp³-hybridized carbons (Fsp3) is 0.548. The van der Waals surface area contributed by atoms with Crippen LogP contribution in [0, 0.1) is 29.1 Å². The van der Waals surface area contributed by atoms with Gasteiger partial charge in [0.2, 0.25) is 5.91 Å². The number of aliphatic hydroxyl groups excluding tert-OH is 1. The fourth-order valence-corrected chi connectivity index (χ4v) is 8.00. The normalized spacial score (nSPS) is 30.4. The van der Waals surface area contributed by atoms with Gasteiger partial charge in [-0.1, -0.05) is 0 Å². The van der Waals surface area contributed by atoms with E-state index in [1.165, 1.54) is 11.1 Å². The highest BCUT2D eigenvalue weighted by atomic mass is 19.1. The largest absolute Gasteiger partial charge is 0.396 e. The Labute approximate surface area is 254 Å². The number of rotatable bonds is 7. The second-order valence-electron chi connectivity index (χ2n) is 13.0. The van der Waals surface area contributed by atoms with Crippen LogP contribution in [0.25, 0.3) is 0 Å². The molecule has 2 aromatic heterocycles. The van der Waals surface area contributed by atoms with Crippen LogP contribution in [0.4, 0.5) is 26.5 Å². The van der Waals surface area contributed by atoms with Crippen molar-refractivity contribution >= 4 is 35.5 Å². The number of aromatic nitrogens is 2. The first-order chi connectivity index (χ1) is 21.2. The van der Waals surface area contributed by atoms with Crippen molar-refractivity contribution in [2.24, 2.45) is 17.8 Å². The number of alkyl halides is 1. The molecule has 12 nitrogen and oxygen atoms in total. The molecule has 4 fully saturated rings. The lowest BCUT2D eigenvalue weighted by Gasteiger charge is -2.52. The molecule has 6 aliphatic rings. The van der Waals surface area contributed by atoms with Gasteiger partial charge in [-0.2, -0.15) is 5.26 Å². The molecule has 0 radical (unpaired) electrons. The number of piperazine rings is 1. The van der Waals surface area contributed by atoms with E-state index in [1.807, 2.05) is 11.9 Å². The Morgan fingerprint density at radius 1 is 1.27 bits per heavy atom. The van der Waals surface area contributed by atoms with Crippen LogP contribution in [0.3, 0.4) is 0 Å². The number of pyridine rings is 2. The molecule has 3 N–H and O–H groups in total.